The second-order valence-electron chi connectivity index (χ2n) is 10.6. The molecule has 0 bridgehead atoms. The topological polar surface area (TPSA) is 76.5 Å². The molecule has 3 heterocycles. The molecule has 7 nitrogen and oxygen atoms in total. The number of hydrogen-bond donors (Lipinski definition) is 1. The molecule has 2 fully saturated rings. The lowest BCUT2D eigenvalue weighted by Crippen LogP contribution is -2.47. The molecule has 0 unspecified atom stereocenters. The van der Waals surface area contributed by atoms with Gasteiger partial charge >= 0.3 is 0 Å². The third-order valence-corrected chi connectivity index (χ3v) is 7.96. The molecule has 1 amide bonds. The van der Waals surface area contributed by atoms with Crippen molar-refractivity contribution in [2.24, 2.45) is 13.0 Å². The fourth-order valence-electron chi connectivity index (χ4n) is 5.62. The predicted octanol–water partition coefficient (Wildman–Crippen LogP) is 3.91. The molecular weight excluding hydrogens is 476 g/mol. The van der Waals surface area contributed by atoms with Gasteiger partial charge < -0.3 is 19.5 Å². The fraction of sp³-hybridized carbons (Fsp3) is 0.452. The molecule has 2 atom stereocenters. The van der Waals surface area contributed by atoms with Crippen LogP contribution in [0.25, 0.3) is 11.1 Å². The first-order valence-corrected chi connectivity index (χ1v) is 13.7. The number of carbonyl (C=O) groups is 1. The first kappa shape index (κ1) is 26.3. The number of rotatable bonds is 10. The highest BCUT2D eigenvalue weighted by Crippen LogP contribution is 2.36. The Morgan fingerprint density at radius 2 is 2.00 bits per heavy atom. The molecule has 0 radical (unpaired) electrons. The predicted molar refractivity (Wildman–Crippen MR) is 149 cm³/mol. The third kappa shape index (κ3) is 6.05. The molecule has 2 aromatic heterocycles. The maximum Gasteiger partial charge on any atom is 0.250 e. The number of piperidine rings is 1. The van der Waals surface area contributed by atoms with E-state index in [1.165, 1.54) is 11.1 Å². The molecule has 1 N–H and O–H groups in total. The van der Waals surface area contributed by atoms with Crippen molar-refractivity contribution in [3.8, 4) is 11.1 Å². The van der Waals surface area contributed by atoms with Crippen molar-refractivity contribution in [3.63, 3.8) is 0 Å². The maximum absolute atomic E-state index is 14.2. The van der Waals surface area contributed by atoms with E-state index in [-0.39, 0.29) is 29.3 Å². The number of hydrogen-bond acceptors (Lipinski definition) is 5. The summed E-state index contributed by atoms with van der Waals surface area (Å²) in [5, 5.41) is 3.44. The highest BCUT2D eigenvalue weighted by molar-refractivity contribution is 5.81. The standard InChI is InChI=1S/C31H38N4O3/c1-34-15-12-24(18-30(34)36)28-11-14-33-20-29(28)31(37)35(27-9-10-27)21-26-17-23(25-5-3-13-32-19-25)8-7-22(26)6-4-16-38-2/h3,5,7-8,12-13,15,17-19,27-29,33H,4,6,9-11,14,16,20-21H2,1-2H3/t28-,29+/m1/s1. The molecule has 0 spiro atoms. The van der Waals surface area contributed by atoms with Crippen LogP contribution in [0.4, 0.5) is 0 Å². The molecule has 1 aromatic carbocycles. The summed E-state index contributed by atoms with van der Waals surface area (Å²) in [7, 11) is 3.49. The second kappa shape index (κ2) is 12.0. The minimum absolute atomic E-state index is 0.0285. The van der Waals surface area contributed by atoms with E-state index in [1.807, 2.05) is 24.5 Å². The summed E-state index contributed by atoms with van der Waals surface area (Å²) in [5.41, 5.74) is 5.59. The van der Waals surface area contributed by atoms with E-state index < -0.39 is 0 Å². The lowest BCUT2D eigenvalue weighted by Gasteiger charge is -2.36. The zero-order valence-corrected chi connectivity index (χ0v) is 22.4. The largest absolute Gasteiger partial charge is 0.385 e. The molecule has 1 aliphatic heterocycles. The quantitative estimate of drug-likeness (QED) is 0.415. The molecule has 1 aliphatic carbocycles. The average molecular weight is 515 g/mol. The van der Waals surface area contributed by atoms with E-state index in [1.54, 1.807) is 31.0 Å². The number of nitrogens with zero attached hydrogens (tertiary/aromatic N) is 3. The van der Waals surface area contributed by atoms with Crippen LogP contribution in [0.15, 0.2) is 65.8 Å². The van der Waals surface area contributed by atoms with Gasteiger partial charge in [-0.2, -0.15) is 0 Å². The highest BCUT2D eigenvalue weighted by atomic mass is 16.5. The highest BCUT2D eigenvalue weighted by Gasteiger charge is 2.40. The van der Waals surface area contributed by atoms with Crippen molar-refractivity contribution in [1.82, 2.24) is 19.8 Å². The van der Waals surface area contributed by atoms with Gasteiger partial charge in [-0.05, 0) is 90.6 Å². The number of ether oxygens (including phenoxy) is 1. The van der Waals surface area contributed by atoms with Gasteiger partial charge in [0, 0.05) is 64.6 Å². The van der Waals surface area contributed by atoms with Crippen molar-refractivity contribution >= 4 is 5.91 Å². The Balaban J connectivity index is 1.44. The van der Waals surface area contributed by atoms with E-state index in [9.17, 15) is 9.59 Å². The van der Waals surface area contributed by atoms with Crippen LogP contribution in [0.1, 0.15) is 48.3 Å². The number of amides is 1. The molecule has 2 aliphatic rings. The van der Waals surface area contributed by atoms with Crippen molar-refractivity contribution < 1.29 is 9.53 Å². The first-order valence-electron chi connectivity index (χ1n) is 13.7. The molecule has 200 valence electrons. The summed E-state index contributed by atoms with van der Waals surface area (Å²) < 4.78 is 6.89. The average Bonchev–Trinajstić information content (AvgIpc) is 3.79. The number of pyridine rings is 2. The van der Waals surface area contributed by atoms with E-state index in [4.69, 9.17) is 4.74 Å². The van der Waals surface area contributed by atoms with E-state index in [2.05, 4.69) is 39.5 Å². The van der Waals surface area contributed by atoms with Crippen LogP contribution >= 0.6 is 0 Å². The van der Waals surface area contributed by atoms with Gasteiger partial charge in [-0.25, -0.2) is 0 Å². The van der Waals surface area contributed by atoms with Crippen molar-refractivity contribution in [1.29, 1.82) is 0 Å². The van der Waals surface area contributed by atoms with Crippen LogP contribution in [0.2, 0.25) is 0 Å². The van der Waals surface area contributed by atoms with Crippen LogP contribution in [0.3, 0.4) is 0 Å². The first-order chi connectivity index (χ1) is 18.5. The monoisotopic (exact) mass is 514 g/mol. The third-order valence-electron chi connectivity index (χ3n) is 7.96. The minimum atomic E-state index is -0.185. The van der Waals surface area contributed by atoms with Gasteiger partial charge in [-0.3, -0.25) is 14.6 Å². The van der Waals surface area contributed by atoms with Crippen molar-refractivity contribution in [2.75, 3.05) is 26.8 Å². The van der Waals surface area contributed by atoms with Gasteiger partial charge in [0.15, 0.2) is 0 Å². The van der Waals surface area contributed by atoms with Crippen LogP contribution in [-0.2, 0) is 29.5 Å². The Morgan fingerprint density at radius 3 is 2.74 bits per heavy atom. The Hall–Kier alpha value is -3.29. The Bertz CT molecular complexity index is 1300. The summed E-state index contributed by atoms with van der Waals surface area (Å²) in [6.07, 6.45) is 10.3. The summed E-state index contributed by atoms with van der Waals surface area (Å²) in [6.45, 7) is 2.79. The molecular formula is C31H38N4O3. The Kier molecular flexibility index (Phi) is 8.35. The van der Waals surface area contributed by atoms with Crippen LogP contribution in [-0.4, -0.2) is 53.2 Å². The van der Waals surface area contributed by atoms with Gasteiger partial charge in [0.25, 0.3) is 5.56 Å². The van der Waals surface area contributed by atoms with Crippen LogP contribution < -0.4 is 10.9 Å². The fourth-order valence-corrected chi connectivity index (χ4v) is 5.62. The van der Waals surface area contributed by atoms with Crippen molar-refractivity contribution in [2.45, 2.75) is 50.6 Å². The number of aryl methyl sites for hydroxylation is 2. The Labute approximate surface area is 224 Å². The SMILES string of the molecule is COCCCc1ccc(-c2cccnc2)cc1CN(C(=O)[C@H]1CNCC[C@@H]1c1ccn(C)c(=O)c1)C1CC1. The summed E-state index contributed by atoms with van der Waals surface area (Å²) in [4.78, 5) is 33.0. The maximum atomic E-state index is 14.2. The smallest absolute Gasteiger partial charge is 0.250 e. The van der Waals surface area contributed by atoms with Gasteiger partial charge in [-0.1, -0.05) is 18.2 Å². The number of methoxy groups -OCH3 is 1. The molecule has 1 saturated heterocycles. The minimum Gasteiger partial charge on any atom is -0.385 e. The van der Waals surface area contributed by atoms with Gasteiger partial charge in [0.2, 0.25) is 5.91 Å². The van der Waals surface area contributed by atoms with Crippen molar-refractivity contribution in [3.05, 3.63) is 88.1 Å². The molecule has 5 rings (SSSR count). The molecule has 38 heavy (non-hydrogen) atoms. The number of aromatic nitrogens is 2. The summed E-state index contributed by atoms with van der Waals surface area (Å²) in [6, 6.07) is 14.6. The zero-order valence-electron chi connectivity index (χ0n) is 22.4. The summed E-state index contributed by atoms with van der Waals surface area (Å²) in [5.74, 6) is 0.0525. The lowest BCUT2D eigenvalue weighted by molar-refractivity contribution is -0.138. The molecule has 1 saturated carbocycles. The summed E-state index contributed by atoms with van der Waals surface area (Å²) >= 11 is 0. The van der Waals surface area contributed by atoms with Crippen LogP contribution in [0, 0.1) is 5.92 Å². The zero-order chi connectivity index (χ0) is 26.5. The van der Waals surface area contributed by atoms with Crippen LogP contribution in [0.5, 0.6) is 0 Å². The second-order valence-corrected chi connectivity index (χ2v) is 10.6. The van der Waals surface area contributed by atoms with Gasteiger partial charge in [0.05, 0.1) is 5.92 Å². The lowest BCUT2D eigenvalue weighted by atomic mass is 9.80. The van der Waals surface area contributed by atoms with Gasteiger partial charge in [0.1, 0.15) is 0 Å². The molecule has 7 heteroatoms. The Morgan fingerprint density at radius 1 is 1.13 bits per heavy atom. The normalized spacial score (nSPS) is 19.3. The number of nitrogens with one attached hydrogen (secondary N) is 1. The van der Waals surface area contributed by atoms with E-state index in [0.29, 0.717) is 19.7 Å². The van der Waals surface area contributed by atoms with Gasteiger partial charge in [-0.15, -0.1) is 0 Å². The molecule has 3 aromatic rings. The van der Waals surface area contributed by atoms with E-state index in [0.717, 1.165) is 55.3 Å². The number of benzene rings is 1. The number of carbonyl (C=O) groups excluding carboxylic acids is 1. The van der Waals surface area contributed by atoms with E-state index >= 15 is 0 Å².